The van der Waals surface area contributed by atoms with Gasteiger partial charge >= 0.3 is 0 Å². The van der Waals surface area contributed by atoms with Crippen LogP contribution < -0.4 is 4.74 Å². The molecule has 3 rings (SSSR count). The van der Waals surface area contributed by atoms with Crippen LogP contribution in [0.1, 0.15) is 12.2 Å². The lowest BCUT2D eigenvalue weighted by molar-refractivity contribution is 0.254. The molecule has 2 aromatic carbocycles. The van der Waals surface area contributed by atoms with Crippen LogP contribution in [0.2, 0.25) is 5.02 Å². The van der Waals surface area contributed by atoms with Crippen molar-refractivity contribution in [1.82, 2.24) is 25.1 Å². The minimum absolute atomic E-state index is 0.648. The normalized spacial score (nSPS) is 11.0. The highest BCUT2D eigenvalue weighted by molar-refractivity contribution is 6.30. The van der Waals surface area contributed by atoms with Crippen molar-refractivity contribution in [1.29, 1.82) is 0 Å². The van der Waals surface area contributed by atoms with Crippen LogP contribution >= 0.6 is 11.6 Å². The first-order valence-corrected chi connectivity index (χ1v) is 8.50. The van der Waals surface area contributed by atoms with E-state index in [2.05, 4.69) is 20.4 Å². The van der Waals surface area contributed by atoms with E-state index in [1.807, 2.05) is 61.6 Å². The van der Waals surface area contributed by atoms with Crippen LogP contribution in [0.3, 0.4) is 0 Å². The van der Waals surface area contributed by atoms with Gasteiger partial charge < -0.3 is 4.74 Å². The average Bonchev–Trinajstić information content (AvgIpc) is 3.09. The number of ether oxygens (including phenoxy) is 1. The molecule has 0 aliphatic rings. The molecule has 6 nitrogen and oxygen atoms in total. The summed E-state index contributed by atoms with van der Waals surface area (Å²) in [4.78, 5) is 2.18. The Bertz CT molecular complexity index is 776. The van der Waals surface area contributed by atoms with Crippen molar-refractivity contribution in [3.05, 3.63) is 65.4 Å². The molecular formula is C18H20ClN5O. The molecule has 0 N–H and O–H groups in total. The molecule has 0 aliphatic heterocycles. The molecule has 0 fully saturated rings. The van der Waals surface area contributed by atoms with Crippen molar-refractivity contribution in [2.75, 3.05) is 20.2 Å². The van der Waals surface area contributed by atoms with Crippen molar-refractivity contribution in [2.45, 2.75) is 13.0 Å². The fraction of sp³-hybridized carbons (Fsp3) is 0.278. The molecule has 1 heterocycles. The fourth-order valence-electron chi connectivity index (χ4n) is 2.45. The van der Waals surface area contributed by atoms with E-state index in [9.17, 15) is 0 Å². The van der Waals surface area contributed by atoms with E-state index in [0.29, 0.717) is 18.2 Å². The maximum atomic E-state index is 5.86. The van der Waals surface area contributed by atoms with Gasteiger partial charge in [-0.2, -0.15) is 4.68 Å². The Morgan fingerprint density at radius 1 is 1.08 bits per heavy atom. The SMILES string of the molecule is CN(CCCOc1ccc(Cl)cc1)Cc1nnnn1-c1ccccc1. The Kier molecular flexibility index (Phi) is 5.98. The Morgan fingerprint density at radius 3 is 2.60 bits per heavy atom. The summed E-state index contributed by atoms with van der Waals surface area (Å²) < 4.78 is 7.47. The van der Waals surface area contributed by atoms with Crippen LogP contribution in [0, 0.1) is 0 Å². The van der Waals surface area contributed by atoms with Crippen LogP contribution in [0.15, 0.2) is 54.6 Å². The maximum Gasteiger partial charge on any atom is 0.170 e. The van der Waals surface area contributed by atoms with Crippen LogP contribution in [0.5, 0.6) is 5.75 Å². The zero-order valence-corrected chi connectivity index (χ0v) is 14.8. The van der Waals surface area contributed by atoms with Crippen molar-refractivity contribution in [3.8, 4) is 11.4 Å². The zero-order chi connectivity index (χ0) is 17.5. The summed E-state index contributed by atoms with van der Waals surface area (Å²) in [7, 11) is 2.05. The Balaban J connectivity index is 1.46. The fourth-order valence-corrected chi connectivity index (χ4v) is 2.58. The summed E-state index contributed by atoms with van der Waals surface area (Å²) in [6, 6.07) is 17.3. The molecule has 7 heteroatoms. The Labute approximate surface area is 152 Å². The first kappa shape index (κ1) is 17.4. The molecule has 130 valence electrons. The molecule has 0 amide bonds. The number of aromatic nitrogens is 4. The van der Waals surface area contributed by atoms with Gasteiger partial charge in [0.1, 0.15) is 5.75 Å². The Morgan fingerprint density at radius 2 is 1.84 bits per heavy atom. The molecule has 0 atom stereocenters. The number of nitrogens with zero attached hydrogens (tertiary/aromatic N) is 5. The first-order valence-electron chi connectivity index (χ1n) is 8.12. The predicted octanol–water partition coefficient (Wildman–Crippen LogP) is 3.22. The second kappa shape index (κ2) is 8.60. The van der Waals surface area contributed by atoms with E-state index in [1.54, 1.807) is 4.68 Å². The number of halogens is 1. The number of benzene rings is 2. The zero-order valence-electron chi connectivity index (χ0n) is 14.0. The van der Waals surface area contributed by atoms with Crippen LogP contribution in [-0.4, -0.2) is 45.3 Å². The van der Waals surface area contributed by atoms with Gasteiger partial charge in [0.2, 0.25) is 0 Å². The number of rotatable bonds is 8. The molecule has 0 bridgehead atoms. The van der Waals surface area contributed by atoms with Gasteiger partial charge in [-0.05, 0) is 60.3 Å². The van der Waals surface area contributed by atoms with E-state index >= 15 is 0 Å². The smallest absolute Gasteiger partial charge is 0.170 e. The van der Waals surface area contributed by atoms with Crippen LogP contribution in [0.4, 0.5) is 0 Å². The van der Waals surface area contributed by atoms with E-state index in [1.165, 1.54) is 0 Å². The quantitative estimate of drug-likeness (QED) is 0.579. The van der Waals surface area contributed by atoms with E-state index in [0.717, 1.165) is 30.2 Å². The summed E-state index contributed by atoms with van der Waals surface area (Å²) in [5.41, 5.74) is 0.960. The van der Waals surface area contributed by atoms with Crippen molar-refractivity contribution in [2.24, 2.45) is 0 Å². The van der Waals surface area contributed by atoms with E-state index in [-0.39, 0.29) is 0 Å². The summed E-state index contributed by atoms with van der Waals surface area (Å²) in [5.74, 6) is 1.65. The molecule has 0 aliphatic carbocycles. The maximum absolute atomic E-state index is 5.86. The summed E-state index contributed by atoms with van der Waals surface area (Å²) in [5, 5.41) is 12.7. The lowest BCUT2D eigenvalue weighted by atomic mass is 10.3. The average molecular weight is 358 g/mol. The first-order chi connectivity index (χ1) is 12.2. The van der Waals surface area contributed by atoms with E-state index in [4.69, 9.17) is 16.3 Å². The lowest BCUT2D eigenvalue weighted by Crippen LogP contribution is -2.23. The van der Waals surface area contributed by atoms with Crippen molar-refractivity contribution in [3.63, 3.8) is 0 Å². The summed E-state index contributed by atoms with van der Waals surface area (Å²) >= 11 is 5.86. The van der Waals surface area contributed by atoms with Gasteiger partial charge in [-0.1, -0.05) is 29.8 Å². The lowest BCUT2D eigenvalue weighted by Gasteiger charge is -2.16. The molecule has 25 heavy (non-hydrogen) atoms. The predicted molar refractivity (Wildman–Crippen MR) is 97.1 cm³/mol. The Hall–Kier alpha value is -2.44. The third-order valence-electron chi connectivity index (χ3n) is 3.71. The van der Waals surface area contributed by atoms with Crippen molar-refractivity contribution >= 4 is 11.6 Å². The number of tetrazole rings is 1. The minimum Gasteiger partial charge on any atom is -0.494 e. The standard InChI is InChI=1S/C18H20ClN5O/c1-23(12-5-13-25-17-10-8-15(19)9-11-17)14-18-20-21-22-24(18)16-6-3-2-4-7-16/h2-4,6-11H,5,12-14H2,1H3. The largest absolute Gasteiger partial charge is 0.494 e. The van der Waals surface area contributed by atoms with Crippen molar-refractivity contribution < 1.29 is 4.74 Å². The molecule has 0 saturated carbocycles. The summed E-state index contributed by atoms with van der Waals surface area (Å²) in [6.45, 7) is 2.20. The topological polar surface area (TPSA) is 56.1 Å². The van der Waals surface area contributed by atoms with Gasteiger partial charge in [0.15, 0.2) is 5.82 Å². The third-order valence-corrected chi connectivity index (χ3v) is 3.96. The van der Waals surface area contributed by atoms with Gasteiger partial charge in [0.25, 0.3) is 0 Å². The van der Waals surface area contributed by atoms with Gasteiger partial charge in [0.05, 0.1) is 18.8 Å². The molecule has 0 radical (unpaired) electrons. The number of hydrogen-bond acceptors (Lipinski definition) is 5. The molecule has 0 saturated heterocycles. The highest BCUT2D eigenvalue weighted by atomic mass is 35.5. The summed E-state index contributed by atoms with van der Waals surface area (Å²) in [6.07, 6.45) is 0.909. The third kappa shape index (κ3) is 5.01. The van der Waals surface area contributed by atoms with Gasteiger partial charge in [-0.15, -0.1) is 5.10 Å². The molecule has 0 spiro atoms. The van der Waals surface area contributed by atoms with Gasteiger partial charge in [-0.25, -0.2) is 0 Å². The number of para-hydroxylation sites is 1. The minimum atomic E-state index is 0.648. The molecule has 3 aromatic rings. The highest BCUT2D eigenvalue weighted by Gasteiger charge is 2.10. The van der Waals surface area contributed by atoms with Gasteiger partial charge in [0, 0.05) is 11.6 Å². The van der Waals surface area contributed by atoms with Gasteiger partial charge in [-0.3, -0.25) is 4.90 Å². The monoisotopic (exact) mass is 357 g/mol. The second-order valence-electron chi connectivity index (χ2n) is 5.74. The molecule has 0 unspecified atom stereocenters. The number of hydrogen-bond donors (Lipinski definition) is 0. The second-order valence-corrected chi connectivity index (χ2v) is 6.17. The molecular weight excluding hydrogens is 338 g/mol. The molecule has 1 aromatic heterocycles. The highest BCUT2D eigenvalue weighted by Crippen LogP contribution is 2.15. The van der Waals surface area contributed by atoms with Crippen LogP contribution in [-0.2, 0) is 6.54 Å². The van der Waals surface area contributed by atoms with Crippen LogP contribution in [0.25, 0.3) is 5.69 Å². The van der Waals surface area contributed by atoms with E-state index < -0.39 is 0 Å².